The zero-order valence-corrected chi connectivity index (χ0v) is 16.0. The molecule has 140 valence electrons. The van der Waals surface area contributed by atoms with Crippen LogP contribution in [0, 0.1) is 0 Å². The number of ether oxygens (including phenoxy) is 1. The van der Waals surface area contributed by atoms with Crippen molar-refractivity contribution in [2.45, 2.75) is 69.9 Å². The van der Waals surface area contributed by atoms with Crippen molar-refractivity contribution in [1.82, 2.24) is 15.3 Å². The van der Waals surface area contributed by atoms with Gasteiger partial charge < -0.3 is 15.8 Å². The van der Waals surface area contributed by atoms with E-state index in [-0.39, 0.29) is 17.9 Å². The lowest BCUT2D eigenvalue weighted by atomic mass is 9.93. The number of amides is 1. The fraction of sp³-hybridized carbons (Fsp3) is 0.632. The zero-order valence-electron chi connectivity index (χ0n) is 15.2. The van der Waals surface area contributed by atoms with Crippen LogP contribution in [0.15, 0.2) is 6.33 Å². The molecule has 0 aromatic carbocycles. The first-order chi connectivity index (χ1) is 12.7. The largest absolute Gasteiger partial charge is 0.474 e. The summed E-state index contributed by atoms with van der Waals surface area (Å²) in [7, 11) is 0. The Morgan fingerprint density at radius 1 is 1.31 bits per heavy atom. The number of hydrogen-bond donors (Lipinski definition) is 2. The summed E-state index contributed by atoms with van der Waals surface area (Å²) in [6, 6.07) is 0.607. The molecule has 3 N–H and O–H groups in total. The van der Waals surface area contributed by atoms with Gasteiger partial charge in [0, 0.05) is 17.3 Å². The van der Waals surface area contributed by atoms with E-state index >= 15 is 0 Å². The van der Waals surface area contributed by atoms with Crippen LogP contribution in [-0.2, 0) is 11.2 Å². The third kappa shape index (κ3) is 3.42. The Kier molecular flexibility index (Phi) is 5.09. The molecule has 2 aliphatic carbocycles. The van der Waals surface area contributed by atoms with Gasteiger partial charge in [0.25, 0.3) is 0 Å². The monoisotopic (exact) mass is 374 g/mol. The summed E-state index contributed by atoms with van der Waals surface area (Å²) >= 11 is 1.71. The number of carbonyl (C=O) groups excluding carboxylic acids is 1. The summed E-state index contributed by atoms with van der Waals surface area (Å²) < 4.78 is 6.34. The first-order valence-corrected chi connectivity index (χ1v) is 10.4. The third-order valence-corrected chi connectivity index (χ3v) is 6.76. The van der Waals surface area contributed by atoms with E-state index in [2.05, 4.69) is 22.2 Å². The van der Waals surface area contributed by atoms with Crippen molar-refractivity contribution in [2.75, 3.05) is 6.54 Å². The minimum atomic E-state index is -0.247. The molecule has 2 aromatic rings. The van der Waals surface area contributed by atoms with E-state index in [1.807, 2.05) is 0 Å². The van der Waals surface area contributed by atoms with E-state index in [9.17, 15) is 4.79 Å². The second-order valence-electron chi connectivity index (χ2n) is 7.35. The van der Waals surface area contributed by atoms with Crippen LogP contribution in [0.1, 0.15) is 61.8 Å². The van der Waals surface area contributed by atoms with Crippen molar-refractivity contribution in [2.24, 2.45) is 5.73 Å². The molecular formula is C19H26N4O2S. The van der Waals surface area contributed by atoms with Gasteiger partial charge in [0.2, 0.25) is 11.8 Å². The molecule has 1 amide bonds. The number of thiophene rings is 1. The van der Waals surface area contributed by atoms with Crippen LogP contribution in [0.3, 0.4) is 0 Å². The number of aryl methyl sites for hydroxylation is 1. The molecule has 0 spiro atoms. The van der Waals surface area contributed by atoms with Gasteiger partial charge in [0.05, 0.1) is 5.39 Å². The van der Waals surface area contributed by atoms with Crippen LogP contribution in [0.2, 0.25) is 0 Å². The Balaban J connectivity index is 1.57. The van der Waals surface area contributed by atoms with E-state index in [4.69, 9.17) is 10.5 Å². The van der Waals surface area contributed by atoms with Gasteiger partial charge in [-0.2, -0.15) is 0 Å². The average molecular weight is 375 g/mol. The molecule has 2 aromatic heterocycles. The van der Waals surface area contributed by atoms with Crippen molar-refractivity contribution in [1.29, 1.82) is 0 Å². The smallest absolute Gasteiger partial charge is 0.225 e. The topological polar surface area (TPSA) is 90.1 Å². The maximum atomic E-state index is 11.5. The van der Waals surface area contributed by atoms with Crippen LogP contribution >= 0.6 is 11.3 Å². The van der Waals surface area contributed by atoms with Gasteiger partial charge in [-0.3, -0.25) is 4.79 Å². The molecule has 1 saturated carbocycles. The molecule has 2 heterocycles. The van der Waals surface area contributed by atoms with Gasteiger partial charge in [0.15, 0.2) is 0 Å². The number of aromatic nitrogens is 2. The van der Waals surface area contributed by atoms with Crippen molar-refractivity contribution in [3.05, 3.63) is 16.8 Å². The summed E-state index contributed by atoms with van der Waals surface area (Å²) in [5.74, 6) is 0.619. The van der Waals surface area contributed by atoms with E-state index in [1.54, 1.807) is 17.7 Å². The fourth-order valence-corrected chi connectivity index (χ4v) is 5.64. The minimum absolute atomic E-state index is 0.175. The number of fused-ring (bicyclic) bond motifs is 3. The number of nitrogens with one attached hydrogen (secondary N) is 1. The number of primary amides is 1. The fourth-order valence-electron chi connectivity index (χ4n) is 4.41. The first kappa shape index (κ1) is 17.7. The second-order valence-corrected chi connectivity index (χ2v) is 8.44. The highest BCUT2D eigenvalue weighted by atomic mass is 32.1. The van der Waals surface area contributed by atoms with Gasteiger partial charge in [0.1, 0.15) is 17.3 Å². The highest BCUT2D eigenvalue weighted by Crippen LogP contribution is 2.47. The van der Waals surface area contributed by atoms with E-state index < -0.39 is 0 Å². The van der Waals surface area contributed by atoms with Gasteiger partial charge in [-0.1, -0.05) is 6.92 Å². The Bertz CT molecular complexity index is 798. The Hall–Kier alpha value is -1.73. The second kappa shape index (κ2) is 7.48. The Morgan fingerprint density at radius 3 is 2.85 bits per heavy atom. The average Bonchev–Trinajstić information content (AvgIpc) is 3.17. The molecule has 0 bridgehead atoms. The first-order valence-electron chi connectivity index (χ1n) is 9.60. The standard InChI is InChI=1S/C19H26N4O2S/c1-2-21-12-4-6-13(7-5-12)25-18-17-16-11(9-15(20)24)3-8-14(16)26-19(17)23-10-22-18/h10-13,21H,2-9H2,1H3,(H2,20,24)/t11-,12?,13?/m1/s1. The molecule has 0 aliphatic heterocycles. The zero-order chi connectivity index (χ0) is 18.1. The SMILES string of the molecule is CCNC1CCC(Oc2ncnc3sc4c(c23)[C@@H](CC(N)=O)CC4)CC1. The summed E-state index contributed by atoms with van der Waals surface area (Å²) in [5, 5.41) is 4.55. The van der Waals surface area contributed by atoms with Crippen LogP contribution in [-0.4, -0.2) is 34.6 Å². The summed E-state index contributed by atoms with van der Waals surface area (Å²) in [6.07, 6.45) is 8.51. The van der Waals surface area contributed by atoms with Gasteiger partial charge in [-0.25, -0.2) is 9.97 Å². The van der Waals surface area contributed by atoms with Gasteiger partial charge in [-0.05, 0) is 56.6 Å². The number of nitrogens with two attached hydrogens (primary N) is 1. The van der Waals surface area contributed by atoms with Crippen LogP contribution in [0.25, 0.3) is 10.2 Å². The number of carbonyl (C=O) groups is 1. The molecule has 1 atom stereocenters. The van der Waals surface area contributed by atoms with Gasteiger partial charge in [-0.15, -0.1) is 11.3 Å². The predicted octanol–water partition coefficient (Wildman–Crippen LogP) is 2.90. The van der Waals surface area contributed by atoms with Crippen molar-refractivity contribution in [3.63, 3.8) is 0 Å². The molecule has 0 saturated heterocycles. The maximum absolute atomic E-state index is 11.5. The Labute approximate surface area is 157 Å². The van der Waals surface area contributed by atoms with Crippen LogP contribution in [0.5, 0.6) is 5.88 Å². The highest BCUT2D eigenvalue weighted by molar-refractivity contribution is 7.19. The number of nitrogens with zero attached hydrogens (tertiary/aromatic N) is 2. The molecule has 4 rings (SSSR count). The van der Waals surface area contributed by atoms with Crippen LogP contribution in [0.4, 0.5) is 0 Å². The Morgan fingerprint density at radius 2 is 2.12 bits per heavy atom. The lowest BCUT2D eigenvalue weighted by Crippen LogP contribution is -2.36. The number of rotatable bonds is 6. The van der Waals surface area contributed by atoms with E-state index in [1.165, 1.54) is 10.4 Å². The van der Waals surface area contributed by atoms with Gasteiger partial charge >= 0.3 is 0 Å². The lowest BCUT2D eigenvalue weighted by molar-refractivity contribution is -0.118. The normalized spacial score (nSPS) is 25.3. The molecule has 7 heteroatoms. The molecule has 26 heavy (non-hydrogen) atoms. The van der Waals surface area contributed by atoms with E-state index in [0.29, 0.717) is 18.3 Å². The summed E-state index contributed by atoms with van der Waals surface area (Å²) in [5.41, 5.74) is 6.67. The highest BCUT2D eigenvalue weighted by Gasteiger charge is 2.32. The molecule has 1 fully saturated rings. The molecule has 6 nitrogen and oxygen atoms in total. The summed E-state index contributed by atoms with van der Waals surface area (Å²) in [6.45, 7) is 3.17. The lowest BCUT2D eigenvalue weighted by Gasteiger charge is -2.29. The molecule has 0 unspecified atom stereocenters. The summed E-state index contributed by atoms with van der Waals surface area (Å²) in [4.78, 5) is 22.7. The predicted molar refractivity (Wildman–Crippen MR) is 103 cm³/mol. The van der Waals surface area contributed by atoms with Crippen LogP contribution < -0.4 is 15.8 Å². The maximum Gasteiger partial charge on any atom is 0.225 e. The molecule has 2 aliphatic rings. The van der Waals surface area contributed by atoms with Crippen molar-refractivity contribution < 1.29 is 9.53 Å². The molecular weight excluding hydrogens is 348 g/mol. The quantitative estimate of drug-likeness (QED) is 0.811. The van der Waals surface area contributed by atoms with Crippen molar-refractivity contribution >= 4 is 27.5 Å². The van der Waals surface area contributed by atoms with Crippen molar-refractivity contribution in [3.8, 4) is 5.88 Å². The number of hydrogen-bond acceptors (Lipinski definition) is 6. The third-order valence-electron chi connectivity index (χ3n) is 5.59. The minimum Gasteiger partial charge on any atom is -0.474 e. The molecule has 0 radical (unpaired) electrons. The van der Waals surface area contributed by atoms with E-state index in [0.717, 1.165) is 55.3 Å².